The second-order valence-corrected chi connectivity index (χ2v) is 9.95. The fourth-order valence-corrected chi connectivity index (χ4v) is 3.74. The number of ether oxygens (including phenoxy) is 1. The van der Waals surface area contributed by atoms with Gasteiger partial charge in [0.2, 0.25) is 17.7 Å². The van der Waals surface area contributed by atoms with Crippen LogP contribution in [-0.4, -0.2) is 58.1 Å². The molecular formula is C26H42N4O6. The van der Waals surface area contributed by atoms with Gasteiger partial charge in [0.25, 0.3) is 0 Å². The summed E-state index contributed by atoms with van der Waals surface area (Å²) in [6.45, 7) is 11.0. The van der Waals surface area contributed by atoms with E-state index in [1.807, 2.05) is 20.8 Å². The molecule has 1 rings (SSSR count). The van der Waals surface area contributed by atoms with Crippen molar-refractivity contribution in [3.63, 3.8) is 0 Å². The SMILES string of the molecule is CCCCN(C(=O)C(CC(N)=O)NC(=O)OC(C)(C)C)C(C(=O)NC(C)CCC)c1cccc(O)c1. The van der Waals surface area contributed by atoms with Crippen LogP contribution in [-0.2, 0) is 19.1 Å². The normalized spacial score (nSPS) is 13.7. The van der Waals surface area contributed by atoms with Gasteiger partial charge in [-0.25, -0.2) is 4.79 Å². The number of alkyl carbamates (subject to hydrolysis) is 1. The number of nitrogens with zero attached hydrogens (tertiary/aromatic N) is 1. The molecule has 5 N–H and O–H groups in total. The topological polar surface area (TPSA) is 151 Å². The van der Waals surface area contributed by atoms with Gasteiger partial charge in [0.05, 0.1) is 6.42 Å². The minimum Gasteiger partial charge on any atom is -0.508 e. The lowest BCUT2D eigenvalue weighted by Crippen LogP contribution is -2.54. The molecule has 202 valence electrons. The smallest absolute Gasteiger partial charge is 0.408 e. The van der Waals surface area contributed by atoms with E-state index >= 15 is 0 Å². The summed E-state index contributed by atoms with van der Waals surface area (Å²) < 4.78 is 5.26. The molecule has 10 heteroatoms. The van der Waals surface area contributed by atoms with Crippen LogP contribution in [0.2, 0.25) is 0 Å². The van der Waals surface area contributed by atoms with Crippen molar-refractivity contribution in [2.45, 2.75) is 97.4 Å². The average molecular weight is 507 g/mol. The first-order valence-corrected chi connectivity index (χ1v) is 12.5. The van der Waals surface area contributed by atoms with Gasteiger partial charge in [-0.05, 0) is 58.2 Å². The molecule has 10 nitrogen and oxygen atoms in total. The molecule has 0 aliphatic heterocycles. The number of hydrogen-bond donors (Lipinski definition) is 4. The number of aromatic hydroxyl groups is 1. The van der Waals surface area contributed by atoms with Crippen LogP contribution < -0.4 is 16.4 Å². The number of phenols is 1. The minimum absolute atomic E-state index is 0.0598. The third-order valence-corrected chi connectivity index (χ3v) is 5.29. The van der Waals surface area contributed by atoms with Crippen molar-refractivity contribution < 1.29 is 29.0 Å². The number of carbonyl (C=O) groups is 4. The van der Waals surface area contributed by atoms with E-state index in [2.05, 4.69) is 10.6 Å². The molecule has 0 saturated heterocycles. The van der Waals surface area contributed by atoms with E-state index in [4.69, 9.17) is 10.5 Å². The highest BCUT2D eigenvalue weighted by molar-refractivity contribution is 5.94. The summed E-state index contributed by atoms with van der Waals surface area (Å²) >= 11 is 0. The highest BCUT2D eigenvalue weighted by Gasteiger charge is 2.37. The Kier molecular flexibility index (Phi) is 12.2. The van der Waals surface area contributed by atoms with Crippen LogP contribution in [0.1, 0.15) is 85.3 Å². The standard InChI is InChI=1S/C26H42N4O6/c1-7-9-14-30(24(34)20(16-21(27)32)29-25(35)36-26(4,5)6)22(18-12-10-13-19(31)15-18)23(33)28-17(3)11-8-2/h10,12-13,15,17,20,22,31H,7-9,11,14,16H2,1-6H3,(H2,27,32)(H,28,33)(H,29,35). The number of nitrogens with two attached hydrogens (primary N) is 1. The molecule has 0 fully saturated rings. The maximum Gasteiger partial charge on any atom is 0.408 e. The van der Waals surface area contributed by atoms with Gasteiger partial charge >= 0.3 is 6.09 Å². The zero-order chi connectivity index (χ0) is 27.5. The molecule has 3 unspecified atom stereocenters. The van der Waals surface area contributed by atoms with E-state index in [-0.39, 0.29) is 18.3 Å². The highest BCUT2D eigenvalue weighted by Crippen LogP contribution is 2.26. The molecule has 1 aromatic carbocycles. The number of carbonyl (C=O) groups excluding carboxylic acids is 4. The van der Waals surface area contributed by atoms with Gasteiger partial charge in [0.1, 0.15) is 23.4 Å². The molecule has 0 saturated carbocycles. The van der Waals surface area contributed by atoms with Gasteiger partial charge in [-0.15, -0.1) is 0 Å². The van der Waals surface area contributed by atoms with Crippen molar-refractivity contribution >= 4 is 23.8 Å². The fraction of sp³-hybridized carbons (Fsp3) is 0.615. The summed E-state index contributed by atoms with van der Waals surface area (Å²) in [5.74, 6) is -1.94. The fourth-order valence-electron chi connectivity index (χ4n) is 3.74. The molecule has 0 heterocycles. The van der Waals surface area contributed by atoms with Crippen LogP contribution in [0.15, 0.2) is 24.3 Å². The van der Waals surface area contributed by atoms with Gasteiger partial charge in [-0.1, -0.05) is 38.8 Å². The van der Waals surface area contributed by atoms with Crippen LogP contribution >= 0.6 is 0 Å². The van der Waals surface area contributed by atoms with Gasteiger partial charge in [0, 0.05) is 12.6 Å². The first-order chi connectivity index (χ1) is 16.8. The first-order valence-electron chi connectivity index (χ1n) is 12.5. The number of unbranched alkanes of at least 4 members (excludes halogenated alkanes) is 1. The Morgan fingerprint density at radius 3 is 2.31 bits per heavy atom. The Balaban J connectivity index is 3.47. The largest absolute Gasteiger partial charge is 0.508 e. The first kappa shape index (κ1) is 30.7. The Morgan fingerprint density at radius 1 is 1.11 bits per heavy atom. The van der Waals surface area contributed by atoms with E-state index in [0.29, 0.717) is 12.0 Å². The molecule has 0 spiro atoms. The molecule has 0 aliphatic rings. The summed E-state index contributed by atoms with van der Waals surface area (Å²) in [6, 6.07) is 3.53. The number of nitrogens with one attached hydrogen (secondary N) is 2. The number of primary amides is 1. The van der Waals surface area contributed by atoms with E-state index < -0.39 is 47.9 Å². The van der Waals surface area contributed by atoms with E-state index in [9.17, 15) is 24.3 Å². The van der Waals surface area contributed by atoms with Crippen molar-refractivity contribution in [2.75, 3.05) is 6.54 Å². The van der Waals surface area contributed by atoms with Crippen LogP contribution in [0, 0.1) is 0 Å². The summed E-state index contributed by atoms with van der Waals surface area (Å²) in [6.07, 6.45) is 1.54. The molecule has 0 bridgehead atoms. The molecule has 0 radical (unpaired) electrons. The van der Waals surface area contributed by atoms with Crippen LogP contribution in [0.4, 0.5) is 4.79 Å². The highest BCUT2D eigenvalue weighted by atomic mass is 16.6. The predicted molar refractivity (Wildman–Crippen MR) is 137 cm³/mol. The second-order valence-electron chi connectivity index (χ2n) is 9.95. The lowest BCUT2D eigenvalue weighted by molar-refractivity contribution is -0.143. The Morgan fingerprint density at radius 2 is 1.78 bits per heavy atom. The molecular weight excluding hydrogens is 464 g/mol. The zero-order valence-corrected chi connectivity index (χ0v) is 22.3. The zero-order valence-electron chi connectivity index (χ0n) is 22.3. The van der Waals surface area contributed by atoms with Crippen molar-refractivity contribution in [3.8, 4) is 5.75 Å². The monoisotopic (exact) mass is 506 g/mol. The Bertz CT molecular complexity index is 899. The van der Waals surface area contributed by atoms with Crippen LogP contribution in [0.5, 0.6) is 5.75 Å². The second kappa shape index (κ2) is 14.3. The maximum absolute atomic E-state index is 13.8. The third kappa shape index (κ3) is 10.5. The molecule has 0 aromatic heterocycles. The quantitative estimate of drug-likeness (QED) is 0.323. The Labute approximate surface area is 213 Å². The van der Waals surface area contributed by atoms with Crippen molar-refractivity contribution in [1.29, 1.82) is 0 Å². The number of phenolic OH excluding ortho intramolecular Hbond substituents is 1. The summed E-state index contributed by atoms with van der Waals surface area (Å²) in [7, 11) is 0. The molecule has 36 heavy (non-hydrogen) atoms. The summed E-state index contributed by atoms with van der Waals surface area (Å²) in [4.78, 5) is 52.9. The molecule has 3 atom stereocenters. The lowest BCUT2D eigenvalue weighted by Gasteiger charge is -2.35. The van der Waals surface area contributed by atoms with E-state index in [1.165, 1.54) is 17.0 Å². The van der Waals surface area contributed by atoms with E-state index in [1.54, 1.807) is 32.9 Å². The number of benzene rings is 1. The van der Waals surface area contributed by atoms with Gasteiger partial charge in [-0.3, -0.25) is 14.4 Å². The van der Waals surface area contributed by atoms with Gasteiger partial charge in [0.15, 0.2) is 0 Å². The number of amides is 4. The predicted octanol–water partition coefficient (Wildman–Crippen LogP) is 3.14. The van der Waals surface area contributed by atoms with Crippen molar-refractivity contribution in [3.05, 3.63) is 29.8 Å². The molecule has 4 amide bonds. The van der Waals surface area contributed by atoms with Crippen molar-refractivity contribution in [1.82, 2.24) is 15.5 Å². The summed E-state index contributed by atoms with van der Waals surface area (Å²) in [5.41, 5.74) is 4.96. The summed E-state index contributed by atoms with van der Waals surface area (Å²) in [5, 5.41) is 15.5. The third-order valence-electron chi connectivity index (χ3n) is 5.29. The van der Waals surface area contributed by atoms with Crippen LogP contribution in [0.3, 0.4) is 0 Å². The van der Waals surface area contributed by atoms with Gasteiger partial charge < -0.3 is 31.1 Å². The number of hydrogen-bond acceptors (Lipinski definition) is 6. The van der Waals surface area contributed by atoms with Gasteiger partial charge in [-0.2, -0.15) is 0 Å². The average Bonchev–Trinajstić information content (AvgIpc) is 2.74. The Hall–Kier alpha value is -3.30. The maximum atomic E-state index is 13.8. The van der Waals surface area contributed by atoms with Crippen LogP contribution in [0.25, 0.3) is 0 Å². The molecule has 1 aromatic rings. The van der Waals surface area contributed by atoms with E-state index in [0.717, 1.165) is 19.3 Å². The lowest BCUT2D eigenvalue weighted by atomic mass is 10.0. The minimum atomic E-state index is -1.34. The molecule has 0 aliphatic carbocycles. The van der Waals surface area contributed by atoms with Crippen molar-refractivity contribution in [2.24, 2.45) is 5.73 Å². The number of rotatable bonds is 13.